The zero-order valence-electron chi connectivity index (χ0n) is 9.61. The fraction of sp³-hybridized carbons (Fsp3) is 0.308. The van der Waals surface area contributed by atoms with Gasteiger partial charge in [0, 0.05) is 23.6 Å². The Balaban J connectivity index is 2.20. The lowest BCUT2D eigenvalue weighted by atomic mass is 9.95. The van der Waals surface area contributed by atoms with E-state index in [1.54, 1.807) is 0 Å². The Kier molecular flexibility index (Phi) is 4.24. The first-order valence-electron chi connectivity index (χ1n) is 5.48. The van der Waals surface area contributed by atoms with Crippen molar-refractivity contribution in [1.29, 1.82) is 0 Å². The SMILES string of the molecule is Cn1cc(CC(CBr)c2ccccc2Cl)cn1. The third-order valence-electron chi connectivity index (χ3n) is 2.77. The number of halogens is 2. The predicted molar refractivity (Wildman–Crippen MR) is 74.9 cm³/mol. The maximum absolute atomic E-state index is 6.23. The van der Waals surface area contributed by atoms with Gasteiger partial charge in [0.25, 0.3) is 0 Å². The third-order valence-corrected chi connectivity index (χ3v) is 3.90. The normalized spacial score (nSPS) is 12.6. The quantitative estimate of drug-likeness (QED) is 0.785. The molecule has 2 rings (SSSR count). The molecule has 0 amide bonds. The number of hydrogen-bond acceptors (Lipinski definition) is 1. The van der Waals surface area contributed by atoms with Gasteiger partial charge in [0.2, 0.25) is 0 Å². The average Bonchev–Trinajstić information content (AvgIpc) is 2.73. The Morgan fingerprint density at radius 3 is 2.76 bits per heavy atom. The first kappa shape index (κ1) is 12.7. The van der Waals surface area contributed by atoms with Crippen LogP contribution >= 0.6 is 27.5 Å². The topological polar surface area (TPSA) is 17.8 Å². The van der Waals surface area contributed by atoms with Crippen molar-refractivity contribution in [2.45, 2.75) is 12.3 Å². The van der Waals surface area contributed by atoms with E-state index in [0.29, 0.717) is 5.92 Å². The van der Waals surface area contributed by atoms with Crippen molar-refractivity contribution in [3.05, 3.63) is 52.8 Å². The molecule has 1 aromatic heterocycles. The first-order valence-corrected chi connectivity index (χ1v) is 6.98. The van der Waals surface area contributed by atoms with Gasteiger partial charge < -0.3 is 0 Å². The van der Waals surface area contributed by atoms with Gasteiger partial charge >= 0.3 is 0 Å². The number of nitrogens with zero attached hydrogens (tertiary/aromatic N) is 2. The Hall–Kier alpha value is -0.800. The molecule has 0 saturated carbocycles. The summed E-state index contributed by atoms with van der Waals surface area (Å²) in [6.45, 7) is 0. The van der Waals surface area contributed by atoms with Crippen molar-refractivity contribution in [1.82, 2.24) is 9.78 Å². The molecule has 1 unspecified atom stereocenters. The van der Waals surface area contributed by atoms with Crippen LogP contribution in [0, 0.1) is 0 Å². The Morgan fingerprint density at radius 1 is 1.41 bits per heavy atom. The summed E-state index contributed by atoms with van der Waals surface area (Å²) < 4.78 is 1.83. The van der Waals surface area contributed by atoms with Gasteiger partial charge in [-0.05, 0) is 29.5 Å². The molecule has 0 N–H and O–H groups in total. The molecule has 0 aliphatic rings. The molecule has 0 radical (unpaired) electrons. The maximum Gasteiger partial charge on any atom is 0.0521 e. The molecule has 1 atom stereocenters. The molecule has 17 heavy (non-hydrogen) atoms. The highest BCUT2D eigenvalue weighted by molar-refractivity contribution is 9.09. The summed E-state index contributed by atoms with van der Waals surface area (Å²) in [6, 6.07) is 8.02. The fourth-order valence-corrected chi connectivity index (χ4v) is 2.78. The van der Waals surface area contributed by atoms with Gasteiger partial charge in [-0.1, -0.05) is 45.7 Å². The molecule has 0 aliphatic heterocycles. The third kappa shape index (κ3) is 3.11. The summed E-state index contributed by atoms with van der Waals surface area (Å²) in [5, 5.41) is 5.92. The molecule has 1 heterocycles. The lowest BCUT2D eigenvalue weighted by Crippen LogP contribution is -2.04. The number of alkyl halides is 1. The standard InChI is InChI=1S/C13H14BrClN2/c1-17-9-10(8-16-17)6-11(7-14)12-4-2-3-5-13(12)15/h2-5,8-9,11H,6-7H2,1H3. The van der Waals surface area contributed by atoms with Crippen LogP contribution in [0.4, 0.5) is 0 Å². The van der Waals surface area contributed by atoms with E-state index in [9.17, 15) is 0 Å². The van der Waals surface area contributed by atoms with Crippen LogP contribution in [-0.4, -0.2) is 15.1 Å². The first-order chi connectivity index (χ1) is 8.20. The Morgan fingerprint density at radius 2 is 2.18 bits per heavy atom. The molecule has 0 bridgehead atoms. The van der Waals surface area contributed by atoms with Crippen LogP contribution in [-0.2, 0) is 13.5 Å². The van der Waals surface area contributed by atoms with Crippen LogP contribution in [0.1, 0.15) is 17.0 Å². The van der Waals surface area contributed by atoms with E-state index in [4.69, 9.17) is 11.6 Å². The van der Waals surface area contributed by atoms with Gasteiger partial charge in [0.05, 0.1) is 6.20 Å². The van der Waals surface area contributed by atoms with Gasteiger partial charge in [0.15, 0.2) is 0 Å². The van der Waals surface area contributed by atoms with Crippen molar-refractivity contribution < 1.29 is 0 Å². The predicted octanol–water partition coefficient (Wildman–Crippen LogP) is 3.79. The monoisotopic (exact) mass is 312 g/mol. The van der Waals surface area contributed by atoms with Crippen LogP contribution in [0.2, 0.25) is 5.02 Å². The van der Waals surface area contributed by atoms with E-state index in [2.05, 4.69) is 27.1 Å². The second kappa shape index (κ2) is 5.69. The molecule has 2 nitrogen and oxygen atoms in total. The van der Waals surface area contributed by atoms with E-state index in [1.807, 2.05) is 42.3 Å². The molecule has 0 spiro atoms. The zero-order chi connectivity index (χ0) is 12.3. The molecular weight excluding hydrogens is 300 g/mol. The van der Waals surface area contributed by atoms with Gasteiger partial charge in [-0.25, -0.2) is 0 Å². The lowest BCUT2D eigenvalue weighted by Gasteiger charge is -2.14. The zero-order valence-corrected chi connectivity index (χ0v) is 11.9. The Labute approximate surface area is 115 Å². The van der Waals surface area contributed by atoms with E-state index in [1.165, 1.54) is 11.1 Å². The van der Waals surface area contributed by atoms with Gasteiger partial charge in [-0.3, -0.25) is 4.68 Å². The minimum atomic E-state index is 0.382. The number of rotatable bonds is 4. The number of hydrogen-bond donors (Lipinski definition) is 0. The van der Waals surface area contributed by atoms with Crippen LogP contribution < -0.4 is 0 Å². The summed E-state index contributed by atoms with van der Waals surface area (Å²) in [6.07, 6.45) is 4.90. The van der Waals surface area contributed by atoms with Crippen molar-refractivity contribution in [2.75, 3.05) is 5.33 Å². The molecule has 1 aromatic carbocycles. The summed E-state index contributed by atoms with van der Waals surface area (Å²) in [4.78, 5) is 0. The largest absolute Gasteiger partial charge is 0.276 e. The molecule has 90 valence electrons. The van der Waals surface area contributed by atoms with E-state index in [-0.39, 0.29) is 0 Å². The summed E-state index contributed by atoms with van der Waals surface area (Å²) >= 11 is 9.79. The minimum absolute atomic E-state index is 0.382. The van der Waals surface area contributed by atoms with Gasteiger partial charge in [-0.15, -0.1) is 0 Å². The fourth-order valence-electron chi connectivity index (χ4n) is 1.92. The molecule has 0 saturated heterocycles. The van der Waals surface area contributed by atoms with E-state index < -0.39 is 0 Å². The molecule has 0 aliphatic carbocycles. The Bertz CT molecular complexity index is 496. The van der Waals surface area contributed by atoms with E-state index in [0.717, 1.165) is 16.8 Å². The highest BCUT2D eigenvalue weighted by Gasteiger charge is 2.14. The lowest BCUT2D eigenvalue weighted by molar-refractivity contribution is 0.758. The summed E-state index contributed by atoms with van der Waals surface area (Å²) in [5.41, 5.74) is 2.42. The van der Waals surface area contributed by atoms with Crippen molar-refractivity contribution >= 4 is 27.5 Å². The van der Waals surface area contributed by atoms with Gasteiger partial charge in [0.1, 0.15) is 0 Å². The molecule has 2 aromatic rings. The highest BCUT2D eigenvalue weighted by atomic mass is 79.9. The van der Waals surface area contributed by atoms with Gasteiger partial charge in [-0.2, -0.15) is 5.10 Å². The summed E-state index contributed by atoms with van der Waals surface area (Å²) in [5.74, 6) is 0.382. The number of aryl methyl sites for hydroxylation is 1. The second-order valence-electron chi connectivity index (χ2n) is 4.10. The van der Waals surface area contributed by atoms with Crippen LogP contribution in [0.3, 0.4) is 0 Å². The average molecular weight is 314 g/mol. The number of aromatic nitrogens is 2. The van der Waals surface area contributed by atoms with Crippen molar-refractivity contribution in [3.63, 3.8) is 0 Å². The summed E-state index contributed by atoms with van der Waals surface area (Å²) in [7, 11) is 1.93. The van der Waals surface area contributed by atoms with Crippen LogP contribution in [0.25, 0.3) is 0 Å². The molecule has 0 fully saturated rings. The smallest absolute Gasteiger partial charge is 0.0521 e. The van der Waals surface area contributed by atoms with Crippen LogP contribution in [0.15, 0.2) is 36.7 Å². The van der Waals surface area contributed by atoms with Crippen molar-refractivity contribution in [2.24, 2.45) is 7.05 Å². The minimum Gasteiger partial charge on any atom is -0.276 e. The highest BCUT2D eigenvalue weighted by Crippen LogP contribution is 2.28. The van der Waals surface area contributed by atoms with E-state index >= 15 is 0 Å². The molecular formula is C13H14BrClN2. The number of benzene rings is 1. The van der Waals surface area contributed by atoms with Crippen molar-refractivity contribution in [3.8, 4) is 0 Å². The molecule has 4 heteroatoms. The maximum atomic E-state index is 6.23. The van der Waals surface area contributed by atoms with Crippen LogP contribution in [0.5, 0.6) is 0 Å². The second-order valence-corrected chi connectivity index (χ2v) is 5.15.